The normalized spacial score (nSPS) is 41.9. The summed E-state index contributed by atoms with van der Waals surface area (Å²) in [5.74, 6) is 3.13. The van der Waals surface area contributed by atoms with Gasteiger partial charge >= 0.3 is 0 Å². The van der Waals surface area contributed by atoms with Crippen LogP contribution in [0.5, 0.6) is 5.75 Å². The second-order valence-corrected chi connectivity index (χ2v) is 8.70. The molecule has 0 unspecified atom stereocenters. The Labute approximate surface area is 140 Å². The molecule has 0 aliphatic heterocycles. The molecule has 2 fully saturated rings. The Morgan fingerprint density at radius 2 is 1.91 bits per heavy atom. The molecule has 2 heteroatoms. The Hall–Kier alpha value is -1.02. The molecule has 5 atom stereocenters. The Kier molecular flexibility index (Phi) is 3.36. The first-order valence-corrected chi connectivity index (χ1v) is 9.27. The van der Waals surface area contributed by atoms with E-state index < -0.39 is 5.60 Å². The first-order valence-electron chi connectivity index (χ1n) is 9.27. The Balaban J connectivity index is 1.73. The molecule has 0 heterocycles. The molecule has 1 aromatic carbocycles. The molecule has 3 aliphatic carbocycles. The lowest BCUT2D eigenvalue weighted by atomic mass is 9.53. The van der Waals surface area contributed by atoms with Gasteiger partial charge < -0.3 is 9.84 Å². The molecule has 2 saturated carbocycles. The van der Waals surface area contributed by atoms with E-state index in [2.05, 4.69) is 32.9 Å². The van der Waals surface area contributed by atoms with E-state index >= 15 is 0 Å². The van der Waals surface area contributed by atoms with Crippen LogP contribution in [-0.2, 0) is 6.42 Å². The molecule has 0 amide bonds. The minimum atomic E-state index is -0.474. The fourth-order valence-corrected chi connectivity index (χ4v) is 6.30. The molecule has 0 saturated heterocycles. The second-order valence-electron chi connectivity index (χ2n) is 8.70. The highest BCUT2D eigenvalue weighted by Crippen LogP contribution is 2.64. The van der Waals surface area contributed by atoms with Crippen molar-refractivity contribution in [1.29, 1.82) is 0 Å². The van der Waals surface area contributed by atoms with Crippen molar-refractivity contribution in [2.45, 2.75) is 70.8 Å². The largest absolute Gasteiger partial charge is 0.497 e. The van der Waals surface area contributed by atoms with Crippen LogP contribution >= 0.6 is 0 Å². The summed E-state index contributed by atoms with van der Waals surface area (Å²) in [4.78, 5) is 0. The van der Waals surface area contributed by atoms with Gasteiger partial charge in [-0.1, -0.05) is 6.92 Å². The van der Waals surface area contributed by atoms with E-state index in [0.717, 1.165) is 24.5 Å². The minimum absolute atomic E-state index is 0.117. The molecule has 0 bridgehead atoms. The van der Waals surface area contributed by atoms with E-state index in [1.54, 1.807) is 12.7 Å². The summed E-state index contributed by atoms with van der Waals surface area (Å²) in [6, 6.07) is 4.47. The number of aryl methyl sites for hydroxylation is 2. The maximum Gasteiger partial charge on any atom is 0.119 e. The average Bonchev–Trinajstić information content (AvgIpc) is 2.76. The number of rotatable bonds is 1. The van der Waals surface area contributed by atoms with Gasteiger partial charge in [0.05, 0.1) is 12.7 Å². The van der Waals surface area contributed by atoms with Gasteiger partial charge in [-0.3, -0.25) is 0 Å². The fourth-order valence-electron chi connectivity index (χ4n) is 6.30. The third kappa shape index (κ3) is 2.03. The van der Waals surface area contributed by atoms with Gasteiger partial charge in [0.2, 0.25) is 0 Å². The number of fused-ring (bicyclic) bond motifs is 5. The zero-order valence-corrected chi connectivity index (χ0v) is 15.0. The molecule has 1 aromatic rings. The van der Waals surface area contributed by atoms with Crippen LogP contribution in [0.15, 0.2) is 12.1 Å². The zero-order chi connectivity index (χ0) is 16.4. The van der Waals surface area contributed by atoms with E-state index in [4.69, 9.17) is 4.74 Å². The van der Waals surface area contributed by atoms with Crippen molar-refractivity contribution in [2.24, 2.45) is 17.3 Å². The maximum atomic E-state index is 10.9. The van der Waals surface area contributed by atoms with Gasteiger partial charge in [-0.2, -0.15) is 0 Å². The molecular formula is C21H30O2. The Morgan fingerprint density at radius 1 is 1.13 bits per heavy atom. The number of ether oxygens (including phenoxy) is 1. The van der Waals surface area contributed by atoms with Crippen LogP contribution in [0.4, 0.5) is 0 Å². The molecule has 0 aromatic heterocycles. The number of hydrogen-bond acceptors (Lipinski definition) is 2. The van der Waals surface area contributed by atoms with Gasteiger partial charge in [0.15, 0.2) is 0 Å². The smallest absolute Gasteiger partial charge is 0.119 e. The third-order valence-corrected chi connectivity index (χ3v) is 7.80. The highest BCUT2D eigenvalue weighted by atomic mass is 16.5. The summed E-state index contributed by atoms with van der Waals surface area (Å²) in [5, 5.41) is 10.9. The summed E-state index contributed by atoms with van der Waals surface area (Å²) < 4.78 is 5.48. The third-order valence-electron chi connectivity index (χ3n) is 7.80. The van der Waals surface area contributed by atoms with Crippen molar-refractivity contribution in [3.63, 3.8) is 0 Å². The number of aliphatic hydroxyl groups is 1. The summed E-state index contributed by atoms with van der Waals surface area (Å²) >= 11 is 0. The molecule has 23 heavy (non-hydrogen) atoms. The SMILES string of the molecule is COc1cc(C)c2c(c1)CC[C@@H]1[C@@H]2CC[C@]2(C)[C@@H]1CC[C@]2(C)O. The minimum Gasteiger partial charge on any atom is -0.497 e. The first-order chi connectivity index (χ1) is 10.9. The molecule has 3 aliphatic rings. The van der Waals surface area contributed by atoms with Gasteiger partial charge in [0, 0.05) is 0 Å². The lowest BCUT2D eigenvalue weighted by Gasteiger charge is -2.53. The lowest BCUT2D eigenvalue weighted by molar-refractivity contribution is -0.0902. The second kappa shape index (κ2) is 4.99. The predicted octanol–water partition coefficient (Wildman–Crippen LogP) is 4.61. The molecule has 4 rings (SSSR count). The van der Waals surface area contributed by atoms with E-state index in [1.165, 1.54) is 36.8 Å². The highest BCUT2D eigenvalue weighted by Gasteiger charge is 2.59. The lowest BCUT2D eigenvalue weighted by Crippen LogP contribution is -2.49. The van der Waals surface area contributed by atoms with Gasteiger partial charge in [0.1, 0.15) is 5.75 Å². The first kappa shape index (κ1) is 15.5. The molecule has 2 nitrogen and oxygen atoms in total. The summed E-state index contributed by atoms with van der Waals surface area (Å²) in [7, 11) is 1.76. The van der Waals surface area contributed by atoms with Crippen LogP contribution < -0.4 is 4.74 Å². The topological polar surface area (TPSA) is 29.5 Å². The van der Waals surface area contributed by atoms with Crippen molar-refractivity contribution in [1.82, 2.24) is 0 Å². The molecule has 0 spiro atoms. The van der Waals surface area contributed by atoms with Crippen molar-refractivity contribution >= 4 is 0 Å². The zero-order valence-electron chi connectivity index (χ0n) is 15.0. The van der Waals surface area contributed by atoms with Crippen LogP contribution in [0.3, 0.4) is 0 Å². The maximum absolute atomic E-state index is 10.9. The van der Waals surface area contributed by atoms with Gasteiger partial charge in [0.25, 0.3) is 0 Å². The molecular weight excluding hydrogens is 284 g/mol. The van der Waals surface area contributed by atoms with E-state index in [9.17, 15) is 5.11 Å². The average molecular weight is 314 g/mol. The van der Waals surface area contributed by atoms with E-state index in [1.807, 2.05) is 0 Å². The van der Waals surface area contributed by atoms with Crippen molar-refractivity contribution < 1.29 is 9.84 Å². The van der Waals surface area contributed by atoms with Crippen LogP contribution in [0.25, 0.3) is 0 Å². The summed E-state index contributed by atoms with van der Waals surface area (Å²) in [5.41, 5.74) is 4.17. The van der Waals surface area contributed by atoms with Crippen LogP contribution in [-0.4, -0.2) is 17.8 Å². The predicted molar refractivity (Wildman–Crippen MR) is 93.0 cm³/mol. The van der Waals surface area contributed by atoms with Crippen molar-refractivity contribution in [3.05, 3.63) is 28.8 Å². The van der Waals surface area contributed by atoms with Gasteiger partial charge in [-0.05, 0) is 104 Å². The van der Waals surface area contributed by atoms with Crippen LogP contribution in [0.1, 0.15) is 68.6 Å². The molecule has 1 N–H and O–H groups in total. The van der Waals surface area contributed by atoms with Gasteiger partial charge in [-0.15, -0.1) is 0 Å². The van der Waals surface area contributed by atoms with Crippen molar-refractivity contribution in [2.75, 3.05) is 7.11 Å². The number of hydrogen-bond donors (Lipinski definition) is 1. The Morgan fingerprint density at radius 3 is 2.65 bits per heavy atom. The monoisotopic (exact) mass is 314 g/mol. The number of methoxy groups -OCH3 is 1. The summed E-state index contributed by atoms with van der Waals surface area (Å²) in [6.07, 6.45) is 7.02. The van der Waals surface area contributed by atoms with Crippen LogP contribution in [0.2, 0.25) is 0 Å². The van der Waals surface area contributed by atoms with Crippen LogP contribution in [0, 0.1) is 24.2 Å². The van der Waals surface area contributed by atoms with Crippen molar-refractivity contribution in [3.8, 4) is 5.75 Å². The van der Waals surface area contributed by atoms with E-state index in [-0.39, 0.29) is 5.41 Å². The molecule has 126 valence electrons. The Bertz CT molecular complexity index is 633. The quantitative estimate of drug-likeness (QED) is 0.820. The molecule has 0 radical (unpaired) electrons. The van der Waals surface area contributed by atoms with E-state index in [0.29, 0.717) is 11.8 Å². The fraction of sp³-hybridized carbons (Fsp3) is 0.714. The number of benzene rings is 1. The highest BCUT2D eigenvalue weighted by molar-refractivity contribution is 5.46. The summed E-state index contributed by atoms with van der Waals surface area (Å²) in [6.45, 7) is 6.69. The standard InChI is InChI=1S/C21H30O2/c1-13-11-15(23-4)12-14-5-6-16-17(19(13)14)7-9-20(2)18(16)8-10-21(20,3)22/h11-12,16-18,22H,5-10H2,1-4H3/t16-,17+,18-,20-,21+/m1/s1. The van der Waals surface area contributed by atoms with Gasteiger partial charge in [-0.25, -0.2) is 0 Å².